The van der Waals surface area contributed by atoms with Crippen LogP contribution in [0.25, 0.3) is 0 Å². The molecule has 0 saturated heterocycles. The predicted octanol–water partition coefficient (Wildman–Crippen LogP) is 3.36. The van der Waals surface area contributed by atoms with Gasteiger partial charge in [-0.25, -0.2) is 18.0 Å². The molecule has 7 heteroatoms. The number of carbonyl (C=O) groups is 1. The third-order valence-corrected chi connectivity index (χ3v) is 2.59. The first-order valence-electron chi connectivity index (χ1n) is 4.89. The van der Waals surface area contributed by atoms with Crippen molar-refractivity contribution >= 4 is 21.9 Å². The lowest BCUT2D eigenvalue weighted by Crippen LogP contribution is -2.30. The summed E-state index contributed by atoms with van der Waals surface area (Å²) in [7, 11) is 0. The molecule has 0 saturated carbocycles. The largest absolute Gasteiger partial charge is 0.478 e. The molecule has 1 rings (SSSR count). The highest BCUT2D eigenvalue weighted by atomic mass is 79.9. The van der Waals surface area contributed by atoms with E-state index >= 15 is 0 Å². The van der Waals surface area contributed by atoms with Crippen molar-refractivity contribution in [1.82, 2.24) is 0 Å². The van der Waals surface area contributed by atoms with Gasteiger partial charge in [-0.3, -0.25) is 0 Å². The van der Waals surface area contributed by atoms with Crippen molar-refractivity contribution in [3.63, 3.8) is 0 Å². The molecular weight excluding hydrogens is 317 g/mol. The highest BCUT2D eigenvalue weighted by Gasteiger charge is 2.31. The minimum atomic E-state index is -3.22. The number of carboxylic acids is 1. The topological polar surface area (TPSA) is 46.5 Å². The van der Waals surface area contributed by atoms with Crippen LogP contribution in [0.5, 0.6) is 5.75 Å². The van der Waals surface area contributed by atoms with Crippen LogP contribution in [0.3, 0.4) is 0 Å². The Bertz CT molecular complexity index is 446. The first-order chi connectivity index (χ1) is 8.25. The molecule has 0 amide bonds. The number of ether oxygens (including phenoxy) is 1. The van der Waals surface area contributed by atoms with Crippen LogP contribution < -0.4 is 4.74 Å². The molecule has 1 aromatic rings. The molecule has 0 radical (unpaired) electrons. The molecule has 1 unspecified atom stereocenters. The second-order valence-electron chi connectivity index (χ2n) is 3.63. The van der Waals surface area contributed by atoms with Crippen molar-refractivity contribution in [3.8, 4) is 5.75 Å². The Morgan fingerprint density at radius 2 is 2.17 bits per heavy atom. The summed E-state index contributed by atoms with van der Waals surface area (Å²) in [6, 6.07) is 3.68. The molecule has 0 fully saturated rings. The fourth-order valence-corrected chi connectivity index (χ4v) is 1.61. The van der Waals surface area contributed by atoms with E-state index in [0.29, 0.717) is 11.4 Å². The second kappa shape index (κ2) is 5.60. The van der Waals surface area contributed by atoms with Crippen molar-refractivity contribution in [2.45, 2.75) is 19.0 Å². The average Bonchev–Trinajstić information content (AvgIpc) is 2.25. The molecule has 0 aliphatic heterocycles. The smallest absolute Gasteiger partial charge is 0.347 e. The lowest BCUT2D eigenvalue weighted by molar-refractivity contribution is -0.145. The fourth-order valence-electron chi connectivity index (χ4n) is 1.25. The predicted molar refractivity (Wildman–Crippen MR) is 61.7 cm³/mol. The normalized spacial score (nSPS) is 13.2. The Balaban J connectivity index is 3.12. The summed E-state index contributed by atoms with van der Waals surface area (Å²) in [4.78, 5) is 10.6. The quantitative estimate of drug-likeness (QED) is 0.902. The van der Waals surface area contributed by atoms with Crippen LogP contribution in [0.2, 0.25) is 0 Å². The van der Waals surface area contributed by atoms with Crippen LogP contribution in [0.4, 0.5) is 13.2 Å². The number of aliphatic carboxylic acids is 1. The van der Waals surface area contributed by atoms with Crippen LogP contribution in [0.1, 0.15) is 12.5 Å². The molecule has 3 nitrogen and oxygen atoms in total. The zero-order chi connectivity index (χ0) is 13.9. The standard InChI is InChI=1S/C11H10BrF3O3/c1-11(14,15)7-4-6(12)2-3-8(7)18-9(5-13)10(16)17/h2-4,9H,5H2,1H3,(H,16,17). The van der Waals surface area contributed by atoms with E-state index in [0.717, 1.165) is 6.07 Å². The van der Waals surface area contributed by atoms with Crippen LogP contribution in [0.15, 0.2) is 22.7 Å². The molecular formula is C11H10BrF3O3. The highest BCUT2D eigenvalue weighted by molar-refractivity contribution is 9.10. The maximum atomic E-state index is 13.3. The molecule has 1 aromatic carbocycles. The van der Waals surface area contributed by atoms with Crippen molar-refractivity contribution in [1.29, 1.82) is 0 Å². The summed E-state index contributed by atoms with van der Waals surface area (Å²) in [6.45, 7) is -0.660. The van der Waals surface area contributed by atoms with Crippen LogP contribution in [-0.4, -0.2) is 23.9 Å². The molecule has 0 aliphatic carbocycles. The number of rotatable bonds is 5. The highest BCUT2D eigenvalue weighted by Crippen LogP contribution is 2.36. The van der Waals surface area contributed by atoms with Gasteiger partial charge in [0.1, 0.15) is 12.4 Å². The molecule has 18 heavy (non-hydrogen) atoms. The van der Waals surface area contributed by atoms with E-state index < -0.39 is 30.2 Å². The number of carboxylic acid groups (broad SMARTS) is 1. The van der Waals surface area contributed by atoms with Crippen LogP contribution in [0, 0.1) is 0 Å². The van der Waals surface area contributed by atoms with Gasteiger partial charge in [0.05, 0.1) is 5.56 Å². The Morgan fingerprint density at radius 3 is 2.61 bits per heavy atom. The lowest BCUT2D eigenvalue weighted by atomic mass is 10.1. The third kappa shape index (κ3) is 3.63. The molecule has 0 spiro atoms. The minimum absolute atomic E-state index is 0.351. The SMILES string of the molecule is CC(F)(F)c1cc(Br)ccc1OC(CF)C(=O)O. The molecule has 0 bridgehead atoms. The Hall–Kier alpha value is -1.24. The van der Waals surface area contributed by atoms with E-state index in [1.54, 1.807) is 0 Å². The fraction of sp³-hybridized carbons (Fsp3) is 0.364. The molecule has 0 aliphatic rings. The third-order valence-electron chi connectivity index (χ3n) is 2.10. The molecule has 0 heterocycles. The number of hydrogen-bond acceptors (Lipinski definition) is 2. The van der Waals surface area contributed by atoms with E-state index in [1.807, 2.05) is 0 Å². The van der Waals surface area contributed by atoms with E-state index in [1.165, 1.54) is 12.1 Å². The summed E-state index contributed by atoms with van der Waals surface area (Å²) in [6.07, 6.45) is -1.80. The van der Waals surface area contributed by atoms with Gasteiger partial charge < -0.3 is 9.84 Å². The van der Waals surface area contributed by atoms with E-state index in [-0.39, 0.29) is 5.75 Å². The monoisotopic (exact) mass is 326 g/mol. The summed E-state index contributed by atoms with van der Waals surface area (Å²) in [5.74, 6) is -5.13. The van der Waals surface area contributed by atoms with E-state index in [9.17, 15) is 18.0 Å². The Labute approximate surface area is 110 Å². The summed E-state index contributed by atoms with van der Waals surface area (Å²) < 4.78 is 44.2. The summed E-state index contributed by atoms with van der Waals surface area (Å²) in [5, 5.41) is 8.62. The number of halogens is 4. The Kier molecular flexibility index (Phi) is 4.61. The summed E-state index contributed by atoms with van der Waals surface area (Å²) >= 11 is 3.02. The zero-order valence-electron chi connectivity index (χ0n) is 9.29. The summed E-state index contributed by atoms with van der Waals surface area (Å²) in [5.41, 5.74) is -0.503. The molecule has 1 N–H and O–H groups in total. The van der Waals surface area contributed by atoms with Gasteiger partial charge >= 0.3 is 5.97 Å². The molecule has 0 aromatic heterocycles. The molecule has 100 valence electrons. The first-order valence-corrected chi connectivity index (χ1v) is 5.68. The van der Waals surface area contributed by atoms with Crippen LogP contribution in [-0.2, 0) is 10.7 Å². The van der Waals surface area contributed by atoms with Gasteiger partial charge in [0.2, 0.25) is 6.10 Å². The van der Waals surface area contributed by atoms with Gasteiger partial charge in [0, 0.05) is 11.4 Å². The number of benzene rings is 1. The Morgan fingerprint density at radius 1 is 1.56 bits per heavy atom. The van der Waals surface area contributed by atoms with Gasteiger partial charge in [-0.1, -0.05) is 15.9 Å². The van der Waals surface area contributed by atoms with Crippen molar-refractivity contribution in [2.24, 2.45) is 0 Å². The number of hydrogen-bond donors (Lipinski definition) is 1. The van der Waals surface area contributed by atoms with Gasteiger partial charge in [-0.15, -0.1) is 0 Å². The second-order valence-corrected chi connectivity index (χ2v) is 4.54. The van der Waals surface area contributed by atoms with Crippen molar-refractivity contribution in [2.75, 3.05) is 6.67 Å². The first kappa shape index (κ1) is 14.8. The van der Waals surface area contributed by atoms with Crippen molar-refractivity contribution < 1.29 is 27.8 Å². The number of alkyl halides is 3. The van der Waals surface area contributed by atoms with Gasteiger partial charge in [0.25, 0.3) is 5.92 Å². The molecule has 1 atom stereocenters. The van der Waals surface area contributed by atoms with E-state index in [2.05, 4.69) is 15.9 Å². The van der Waals surface area contributed by atoms with E-state index in [4.69, 9.17) is 9.84 Å². The van der Waals surface area contributed by atoms with Crippen molar-refractivity contribution in [3.05, 3.63) is 28.2 Å². The maximum absolute atomic E-state index is 13.3. The van der Waals surface area contributed by atoms with Gasteiger partial charge in [-0.2, -0.15) is 0 Å². The maximum Gasteiger partial charge on any atom is 0.347 e. The minimum Gasteiger partial charge on any atom is -0.478 e. The van der Waals surface area contributed by atoms with Gasteiger partial charge in [0.15, 0.2) is 0 Å². The average molecular weight is 327 g/mol. The zero-order valence-corrected chi connectivity index (χ0v) is 10.9. The van der Waals surface area contributed by atoms with Gasteiger partial charge in [-0.05, 0) is 18.2 Å². The van der Waals surface area contributed by atoms with Crippen LogP contribution >= 0.6 is 15.9 Å². The lowest BCUT2D eigenvalue weighted by Gasteiger charge is -2.19.